The Balaban J connectivity index is 2.55. The normalized spacial score (nSPS) is 12.7. The lowest BCUT2D eigenvalue weighted by atomic mass is 10.1. The zero-order valence-electron chi connectivity index (χ0n) is 8.83. The molecule has 0 fully saturated rings. The minimum absolute atomic E-state index is 0.0523. The first kappa shape index (κ1) is 10.3. The molecule has 0 saturated heterocycles. The lowest BCUT2D eigenvalue weighted by Crippen LogP contribution is -1.86. The highest BCUT2D eigenvalue weighted by Crippen LogP contribution is 2.26. The lowest BCUT2D eigenvalue weighted by molar-refractivity contribution is 0.415. The van der Waals surface area contributed by atoms with E-state index in [4.69, 9.17) is 16.3 Å². The Morgan fingerprint density at radius 1 is 1.07 bits per heavy atom. The Morgan fingerprint density at radius 2 is 1.73 bits per heavy atom. The lowest BCUT2D eigenvalue weighted by Gasteiger charge is -2.06. The van der Waals surface area contributed by atoms with E-state index in [9.17, 15) is 0 Å². The highest BCUT2D eigenvalue weighted by Gasteiger charge is 2.02. The molecule has 2 aromatic rings. The summed E-state index contributed by atoms with van der Waals surface area (Å²) in [6, 6.07) is 12.3. The number of rotatable bonds is 2. The number of hydrogen-bond acceptors (Lipinski definition) is 1. The fourth-order valence-corrected chi connectivity index (χ4v) is 1.75. The van der Waals surface area contributed by atoms with Gasteiger partial charge in [0.05, 0.1) is 12.5 Å². The predicted octanol–water partition coefficient (Wildman–Crippen LogP) is 4.15. The summed E-state index contributed by atoms with van der Waals surface area (Å²) < 4.78 is 5.17. The van der Waals surface area contributed by atoms with Gasteiger partial charge in [0.2, 0.25) is 0 Å². The van der Waals surface area contributed by atoms with Crippen LogP contribution in [-0.4, -0.2) is 7.11 Å². The van der Waals surface area contributed by atoms with Crippen LogP contribution in [0, 0.1) is 0 Å². The van der Waals surface area contributed by atoms with Crippen LogP contribution >= 0.6 is 11.6 Å². The van der Waals surface area contributed by atoms with Crippen LogP contribution in [0.4, 0.5) is 0 Å². The summed E-state index contributed by atoms with van der Waals surface area (Å²) >= 11 is 6.04. The van der Waals surface area contributed by atoms with Crippen molar-refractivity contribution in [2.24, 2.45) is 0 Å². The summed E-state index contributed by atoms with van der Waals surface area (Å²) in [5.41, 5.74) is 1.15. The molecule has 1 atom stereocenters. The van der Waals surface area contributed by atoms with Gasteiger partial charge in [0.15, 0.2) is 0 Å². The molecule has 0 aromatic heterocycles. The van der Waals surface area contributed by atoms with E-state index >= 15 is 0 Å². The van der Waals surface area contributed by atoms with Gasteiger partial charge < -0.3 is 4.74 Å². The first-order valence-electron chi connectivity index (χ1n) is 4.92. The molecule has 0 aliphatic heterocycles. The van der Waals surface area contributed by atoms with Gasteiger partial charge in [0.1, 0.15) is 5.75 Å². The SMILES string of the molecule is COc1ccc2cc([C@H](C)Cl)ccc2c1. The van der Waals surface area contributed by atoms with E-state index in [-0.39, 0.29) is 5.38 Å². The molecule has 0 aliphatic carbocycles. The third-order valence-electron chi connectivity index (χ3n) is 2.53. The number of benzene rings is 2. The van der Waals surface area contributed by atoms with E-state index in [2.05, 4.69) is 24.3 Å². The van der Waals surface area contributed by atoms with Crippen LogP contribution in [0.15, 0.2) is 36.4 Å². The molecule has 0 saturated carbocycles. The van der Waals surface area contributed by atoms with E-state index in [1.165, 1.54) is 10.8 Å². The fourth-order valence-electron chi connectivity index (χ4n) is 1.62. The van der Waals surface area contributed by atoms with Gasteiger partial charge in [0.25, 0.3) is 0 Å². The molecule has 0 spiro atoms. The quantitative estimate of drug-likeness (QED) is 0.691. The van der Waals surface area contributed by atoms with Crippen molar-refractivity contribution in [3.8, 4) is 5.75 Å². The van der Waals surface area contributed by atoms with Crippen LogP contribution in [0.2, 0.25) is 0 Å². The van der Waals surface area contributed by atoms with Gasteiger partial charge in [-0.1, -0.05) is 18.2 Å². The summed E-state index contributed by atoms with van der Waals surface area (Å²) in [4.78, 5) is 0. The second-order valence-electron chi connectivity index (χ2n) is 3.59. The van der Waals surface area contributed by atoms with E-state index in [0.29, 0.717) is 0 Å². The standard InChI is InChI=1S/C13H13ClO/c1-9(14)10-3-4-12-8-13(15-2)6-5-11(12)7-10/h3-9H,1-2H3/t9-/m0/s1. The van der Waals surface area contributed by atoms with Crippen LogP contribution in [-0.2, 0) is 0 Å². The summed E-state index contributed by atoms with van der Waals surface area (Å²) in [6.07, 6.45) is 0. The highest BCUT2D eigenvalue weighted by molar-refractivity contribution is 6.20. The Hall–Kier alpha value is -1.21. The topological polar surface area (TPSA) is 9.23 Å². The maximum Gasteiger partial charge on any atom is 0.119 e. The molecule has 2 aromatic carbocycles. The maximum atomic E-state index is 6.04. The third-order valence-corrected chi connectivity index (χ3v) is 2.78. The minimum Gasteiger partial charge on any atom is -0.497 e. The van der Waals surface area contributed by atoms with Gasteiger partial charge >= 0.3 is 0 Å². The van der Waals surface area contributed by atoms with Crippen LogP contribution in [0.3, 0.4) is 0 Å². The van der Waals surface area contributed by atoms with E-state index < -0.39 is 0 Å². The number of alkyl halides is 1. The zero-order chi connectivity index (χ0) is 10.8. The van der Waals surface area contributed by atoms with Crippen molar-refractivity contribution in [1.29, 1.82) is 0 Å². The van der Waals surface area contributed by atoms with Crippen LogP contribution in [0.25, 0.3) is 10.8 Å². The molecule has 2 heteroatoms. The summed E-state index contributed by atoms with van der Waals surface area (Å²) in [6.45, 7) is 1.98. The summed E-state index contributed by atoms with van der Waals surface area (Å²) in [5.74, 6) is 0.883. The summed E-state index contributed by atoms with van der Waals surface area (Å²) in [7, 11) is 1.68. The van der Waals surface area contributed by atoms with E-state index in [1.54, 1.807) is 7.11 Å². The van der Waals surface area contributed by atoms with Gasteiger partial charge in [-0.05, 0) is 41.5 Å². The van der Waals surface area contributed by atoms with Gasteiger partial charge in [-0.3, -0.25) is 0 Å². The minimum atomic E-state index is 0.0523. The number of halogens is 1. The third kappa shape index (κ3) is 2.07. The van der Waals surface area contributed by atoms with Gasteiger partial charge in [0, 0.05) is 0 Å². The Labute approximate surface area is 94.6 Å². The van der Waals surface area contributed by atoms with Crippen LogP contribution in [0.5, 0.6) is 5.75 Å². The predicted molar refractivity (Wildman–Crippen MR) is 64.8 cm³/mol. The average Bonchev–Trinajstić information content (AvgIpc) is 2.27. The zero-order valence-corrected chi connectivity index (χ0v) is 9.58. The van der Waals surface area contributed by atoms with Crippen LogP contribution in [0.1, 0.15) is 17.9 Å². The number of fused-ring (bicyclic) bond motifs is 1. The smallest absolute Gasteiger partial charge is 0.119 e. The largest absolute Gasteiger partial charge is 0.497 e. The molecule has 0 bridgehead atoms. The van der Waals surface area contributed by atoms with Crippen molar-refractivity contribution < 1.29 is 4.74 Å². The number of methoxy groups -OCH3 is 1. The molecule has 0 N–H and O–H groups in total. The van der Waals surface area contributed by atoms with Gasteiger partial charge in [-0.15, -0.1) is 11.6 Å². The Morgan fingerprint density at radius 3 is 2.40 bits per heavy atom. The van der Waals surface area contributed by atoms with Crippen molar-refractivity contribution in [1.82, 2.24) is 0 Å². The molecule has 0 unspecified atom stereocenters. The van der Waals surface area contributed by atoms with Crippen molar-refractivity contribution in [3.05, 3.63) is 42.0 Å². The molecule has 0 radical (unpaired) electrons. The molecule has 78 valence electrons. The fraction of sp³-hybridized carbons (Fsp3) is 0.231. The second-order valence-corrected chi connectivity index (χ2v) is 4.24. The van der Waals surface area contributed by atoms with Crippen molar-refractivity contribution in [2.45, 2.75) is 12.3 Å². The number of hydrogen-bond donors (Lipinski definition) is 0. The monoisotopic (exact) mass is 220 g/mol. The molecule has 1 nitrogen and oxygen atoms in total. The molecule has 15 heavy (non-hydrogen) atoms. The summed E-state index contributed by atoms with van der Waals surface area (Å²) in [5, 5.41) is 2.42. The van der Waals surface area contributed by atoms with Crippen molar-refractivity contribution in [3.63, 3.8) is 0 Å². The molecule has 0 amide bonds. The van der Waals surface area contributed by atoms with Gasteiger partial charge in [-0.2, -0.15) is 0 Å². The van der Waals surface area contributed by atoms with E-state index in [0.717, 1.165) is 11.3 Å². The highest BCUT2D eigenvalue weighted by atomic mass is 35.5. The first-order valence-corrected chi connectivity index (χ1v) is 5.36. The average molecular weight is 221 g/mol. The van der Waals surface area contributed by atoms with Crippen molar-refractivity contribution >= 4 is 22.4 Å². The second kappa shape index (κ2) is 4.11. The van der Waals surface area contributed by atoms with E-state index in [1.807, 2.05) is 19.1 Å². The molecule has 2 rings (SSSR count). The first-order chi connectivity index (χ1) is 7.20. The van der Waals surface area contributed by atoms with Crippen LogP contribution < -0.4 is 4.74 Å². The molecular formula is C13H13ClO. The maximum absolute atomic E-state index is 6.04. The number of ether oxygens (including phenoxy) is 1. The Bertz CT molecular complexity index is 477. The molecule has 0 heterocycles. The molecule has 0 aliphatic rings. The Kier molecular flexibility index (Phi) is 2.83. The van der Waals surface area contributed by atoms with Gasteiger partial charge in [-0.25, -0.2) is 0 Å². The molecular weight excluding hydrogens is 208 g/mol. The van der Waals surface area contributed by atoms with Crippen molar-refractivity contribution in [2.75, 3.05) is 7.11 Å².